The Bertz CT molecular complexity index is 1500. The summed E-state index contributed by atoms with van der Waals surface area (Å²) in [5.41, 5.74) is 0.451. The molecule has 4 rings (SSSR count). The first-order valence-electron chi connectivity index (χ1n) is 13.3. The molecule has 0 aromatic heterocycles. The number of ether oxygens (including phenoxy) is 3. The van der Waals surface area contributed by atoms with Crippen LogP contribution in [0.15, 0.2) is 35.6 Å². The van der Waals surface area contributed by atoms with Crippen molar-refractivity contribution in [3.05, 3.63) is 41.1 Å². The van der Waals surface area contributed by atoms with Gasteiger partial charge in [0.15, 0.2) is 23.8 Å². The number of aliphatic hydroxyl groups is 3. The molecule has 0 radical (unpaired) electrons. The normalized spacial score (nSPS) is 29.3. The number of phenols is 1. The zero-order valence-corrected chi connectivity index (χ0v) is 23.0. The van der Waals surface area contributed by atoms with E-state index in [0.29, 0.717) is 5.56 Å². The average Bonchev–Trinajstić information content (AvgIpc) is 3.32. The van der Waals surface area contributed by atoms with Gasteiger partial charge >= 0.3 is 29.8 Å². The fourth-order valence-electron chi connectivity index (χ4n) is 5.03. The molecule has 7 atom stereocenters. The number of rotatable bonds is 10. The molecular weight excluding hydrogens is 608 g/mol. The number of nitrogens with one attached hydrogen (secondary N) is 1. The third-order valence-electron chi connectivity index (χ3n) is 7.18. The van der Waals surface area contributed by atoms with Gasteiger partial charge < -0.3 is 60.4 Å². The van der Waals surface area contributed by atoms with Gasteiger partial charge in [-0.25, -0.2) is 14.4 Å². The second kappa shape index (κ2) is 13.3. The standard InChI is InChI=1S/C27H28N2O16/c30-9-18-23(45-20(34)8-19(32)33)21(35)22(36)27(44-18)43-17-6-11-5-15(26(41)42)29(14(11)7-16(17)31)2-1-10-3-12(24(37)38)28-13(4-10)25(39)40/h1-3,6-7,13,15,18,21-23,27,30,35-36H,4-5,8-9H2,(H5,31,32,33,37,38,39,40,41,42)/p+1/t13-,15-,18+,21+,22+,23+,27+/m0/s1. The van der Waals surface area contributed by atoms with E-state index in [1.165, 1.54) is 29.0 Å². The summed E-state index contributed by atoms with van der Waals surface area (Å²) in [7, 11) is 0. The van der Waals surface area contributed by atoms with Gasteiger partial charge in [0, 0.05) is 18.1 Å². The Morgan fingerprint density at radius 2 is 1.73 bits per heavy atom. The summed E-state index contributed by atoms with van der Waals surface area (Å²) in [5, 5.41) is 81.2. The molecule has 1 aromatic carbocycles. The first-order chi connectivity index (χ1) is 21.2. The predicted molar refractivity (Wildman–Crippen MR) is 143 cm³/mol. The van der Waals surface area contributed by atoms with E-state index in [-0.39, 0.29) is 35.5 Å². The fourth-order valence-corrected chi connectivity index (χ4v) is 5.03. The Morgan fingerprint density at radius 3 is 2.33 bits per heavy atom. The summed E-state index contributed by atoms with van der Waals surface area (Å²) in [5.74, 6) is -7.60. The van der Waals surface area contributed by atoms with Crippen molar-refractivity contribution in [1.82, 2.24) is 5.32 Å². The minimum absolute atomic E-state index is 0.108. The first kappa shape index (κ1) is 32.9. The molecule has 1 aromatic rings. The highest BCUT2D eigenvalue weighted by molar-refractivity contribution is 5.90. The molecule has 3 aliphatic heterocycles. The average molecular weight is 638 g/mol. The fraction of sp³-hybridized carbons (Fsp3) is 0.407. The summed E-state index contributed by atoms with van der Waals surface area (Å²) in [4.78, 5) is 57.5. The van der Waals surface area contributed by atoms with Crippen molar-refractivity contribution < 1.29 is 83.6 Å². The molecule has 0 bridgehead atoms. The molecule has 3 aliphatic rings. The number of aromatic hydroxyl groups is 1. The maximum absolute atomic E-state index is 12.1. The maximum atomic E-state index is 12.1. The molecule has 1 saturated heterocycles. The Labute approximate surface area is 252 Å². The molecule has 18 nitrogen and oxygen atoms in total. The monoisotopic (exact) mass is 637 g/mol. The van der Waals surface area contributed by atoms with Crippen molar-refractivity contribution in [2.45, 2.75) is 62.1 Å². The van der Waals surface area contributed by atoms with Crippen LogP contribution in [-0.4, -0.2) is 131 Å². The van der Waals surface area contributed by atoms with Crippen molar-refractivity contribution in [3.8, 4) is 11.5 Å². The Kier molecular flexibility index (Phi) is 9.72. The molecule has 0 amide bonds. The van der Waals surface area contributed by atoms with Crippen LogP contribution in [0.1, 0.15) is 18.4 Å². The van der Waals surface area contributed by atoms with Crippen molar-refractivity contribution >= 4 is 41.7 Å². The number of aliphatic carboxylic acids is 4. The van der Waals surface area contributed by atoms with Crippen molar-refractivity contribution in [2.75, 3.05) is 6.61 Å². The second-order valence-electron chi connectivity index (χ2n) is 10.3. The number of carboxylic acid groups (broad SMARTS) is 4. The van der Waals surface area contributed by atoms with Gasteiger partial charge in [0.1, 0.15) is 36.5 Å². The van der Waals surface area contributed by atoms with Crippen LogP contribution >= 0.6 is 0 Å². The summed E-state index contributed by atoms with van der Waals surface area (Å²) < 4.78 is 17.1. The number of hydrogen-bond acceptors (Lipinski definition) is 13. The maximum Gasteiger partial charge on any atom is 0.373 e. The predicted octanol–water partition coefficient (Wildman–Crippen LogP) is -2.34. The molecule has 9 N–H and O–H groups in total. The molecule has 18 heteroatoms. The number of allylic oxidation sites excluding steroid dienone is 2. The number of hydrogen-bond donors (Lipinski definition) is 9. The summed E-state index contributed by atoms with van der Waals surface area (Å²) in [6.45, 7) is -0.849. The van der Waals surface area contributed by atoms with Crippen LogP contribution in [0.2, 0.25) is 0 Å². The molecule has 0 aliphatic carbocycles. The smallest absolute Gasteiger partial charge is 0.373 e. The summed E-state index contributed by atoms with van der Waals surface area (Å²) >= 11 is 0. The van der Waals surface area contributed by atoms with Crippen LogP contribution < -0.4 is 10.1 Å². The highest BCUT2D eigenvalue weighted by atomic mass is 16.7. The Morgan fingerprint density at radius 1 is 1.02 bits per heavy atom. The van der Waals surface area contributed by atoms with E-state index in [0.717, 1.165) is 6.07 Å². The molecule has 242 valence electrons. The SMILES string of the molecule is O=C(O)CC(=O)O[C@H]1[C@H](O)[C@@H](O)[C@H](Oc2cc3c(cc2O)[N+](=CC=C2C=C(C(=O)O)N[C@H](C(=O)O)C2)[C@H](C(=O)O)C3)O[C@@H]1CO. The largest absolute Gasteiger partial charge is 0.504 e. The van der Waals surface area contributed by atoms with Gasteiger partial charge in [-0.3, -0.25) is 9.59 Å². The van der Waals surface area contributed by atoms with Crippen LogP contribution in [0.4, 0.5) is 5.69 Å². The van der Waals surface area contributed by atoms with Gasteiger partial charge in [-0.2, -0.15) is 4.58 Å². The number of esters is 1. The van der Waals surface area contributed by atoms with Crippen molar-refractivity contribution in [2.24, 2.45) is 0 Å². The molecule has 45 heavy (non-hydrogen) atoms. The Balaban J connectivity index is 1.60. The van der Waals surface area contributed by atoms with Crippen LogP contribution in [0, 0.1) is 0 Å². The first-order valence-corrected chi connectivity index (χ1v) is 13.3. The zero-order valence-electron chi connectivity index (χ0n) is 23.0. The van der Waals surface area contributed by atoms with E-state index in [1.807, 2.05) is 0 Å². The minimum Gasteiger partial charge on any atom is -0.504 e. The number of aliphatic hydroxyl groups excluding tert-OH is 3. The number of phenolic OH excluding ortho intramolecular Hbond substituents is 1. The Hall–Kier alpha value is -5.04. The van der Waals surface area contributed by atoms with Gasteiger partial charge in [0.25, 0.3) is 6.04 Å². The molecule has 1 fully saturated rings. The molecule has 0 spiro atoms. The number of carbonyl (C=O) groups excluding carboxylic acids is 1. The lowest BCUT2D eigenvalue weighted by atomic mass is 9.99. The number of benzene rings is 1. The molecule has 3 heterocycles. The van der Waals surface area contributed by atoms with Crippen LogP contribution in [0.25, 0.3) is 0 Å². The second-order valence-corrected chi connectivity index (χ2v) is 10.3. The highest BCUT2D eigenvalue weighted by Crippen LogP contribution is 2.40. The highest BCUT2D eigenvalue weighted by Gasteiger charge is 2.48. The molecule has 0 saturated carbocycles. The van der Waals surface area contributed by atoms with E-state index in [2.05, 4.69) is 5.32 Å². The number of carbonyl (C=O) groups is 5. The quantitative estimate of drug-likeness (QED) is 0.0738. The van der Waals surface area contributed by atoms with Gasteiger partial charge in [0.05, 0.1) is 19.1 Å². The summed E-state index contributed by atoms with van der Waals surface area (Å²) in [6, 6.07) is -0.0385. The van der Waals surface area contributed by atoms with Gasteiger partial charge in [-0.15, -0.1) is 0 Å². The number of nitrogens with zero attached hydrogens (tertiary/aromatic N) is 1. The lowest BCUT2D eigenvalue weighted by molar-refractivity contribution is -0.456. The molecule has 0 unspecified atom stereocenters. The van der Waals surface area contributed by atoms with Crippen LogP contribution in [0.5, 0.6) is 11.5 Å². The lowest BCUT2D eigenvalue weighted by Gasteiger charge is -2.41. The number of fused-ring (bicyclic) bond motifs is 1. The summed E-state index contributed by atoms with van der Waals surface area (Å²) in [6.07, 6.45) is -6.10. The van der Waals surface area contributed by atoms with Crippen molar-refractivity contribution in [1.29, 1.82) is 0 Å². The van der Waals surface area contributed by atoms with Crippen LogP contribution in [0.3, 0.4) is 0 Å². The van der Waals surface area contributed by atoms with E-state index in [9.17, 15) is 59.7 Å². The van der Waals surface area contributed by atoms with E-state index < -0.39 is 91.4 Å². The number of carboxylic acids is 4. The van der Waals surface area contributed by atoms with Crippen molar-refractivity contribution in [3.63, 3.8) is 0 Å². The molecular formula is C27H29N2O16+. The van der Waals surface area contributed by atoms with Gasteiger partial charge in [-0.05, 0) is 17.7 Å². The van der Waals surface area contributed by atoms with Gasteiger partial charge in [0.2, 0.25) is 12.0 Å². The minimum atomic E-state index is -1.92. The lowest BCUT2D eigenvalue weighted by Crippen LogP contribution is -2.61. The van der Waals surface area contributed by atoms with E-state index in [4.69, 9.17) is 19.3 Å². The van der Waals surface area contributed by atoms with E-state index in [1.54, 1.807) is 0 Å². The van der Waals surface area contributed by atoms with Gasteiger partial charge in [-0.1, -0.05) is 0 Å². The topological polar surface area (TPSA) is 290 Å². The van der Waals surface area contributed by atoms with Crippen LogP contribution in [-0.2, 0) is 39.9 Å². The zero-order chi connectivity index (χ0) is 33.2. The van der Waals surface area contributed by atoms with E-state index >= 15 is 0 Å². The third-order valence-corrected chi connectivity index (χ3v) is 7.18. The third kappa shape index (κ3) is 7.20.